The van der Waals surface area contributed by atoms with Gasteiger partial charge in [-0.1, -0.05) is 116 Å². The number of carbonyl (C=O) groups excluding carboxylic acids is 1. The zero-order valence-electron chi connectivity index (χ0n) is 19.0. The third-order valence-electron chi connectivity index (χ3n) is 5.63. The Balaban J connectivity index is 1.82. The molecule has 3 heteroatoms. The molecule has 0 radical (unpaired) electrons. The molecule has 0 aliphatic rings. The first-order valence-electron chi connectivity index (χ1n) is 11.4. The molecule has 4 rings (SSSR count). The molecule has 0 atom stereocenters. The second-order valence-corrected chi connectivity index (χ2v) is 8.02. The van der Waals surface area contributed by atoms with Crippen molar-refractivity contribution in [2.24, 2.45) is 0 Å². The van der Waals surface area contributed by atoms with Crippen molar-refractivity contribution in [2.75, 3.05) is 4.90 Å². The molecule has 0 fully saturated rings. The lowest BCUT2D eigenvalue weighted by Crippen LogP contribution is -2.24. The molecule has 166 valence electrons. The van der Waals surface area contributed by atoms with Crippen LogP contribution in [-0.4, -0.2) is 5.97 Å². The Morgan fingerprint density at radius 1 is 0.697 bits per heavy atom. The summed E-state index contributed by atoms with van der Waals surface area (Å²) in [4.78, 5) is 14.4. The summed E-state index contributed by atoms with van der Waals surface area (Å²) in [6.07, 6.45) is 0.367. The lowest BCUT2D eigenvalue weighted by Gasteiger charge is -2.30. The Morgan fingerprint density at radius 3 is 1.79 bits per heavy atom. The van der Waals surface area contributed by atoms with E-state index in [1.54, 1.807) is 0 Å². The SMILES string of the molecule is CCC(=O)OCc1cccc(-c2ccccc2)c1N(Cc1ccccc1)Cc1ccccc1. The zero-order chi connectivity index (χ0) is 22.9. The van der Waals surface area contributed by atoms with Crippen LogP contribution < -0.4 is 4.90 Å². The van der Waals surface area contributed by atoms with Crippen molar-refractivity contribution in [1.29, 1.82) is 0 Å². The van der Waals surface area contributed by atoms with Crippen molar-refractivity contribution in [1.82, 2.24) is 0 Å². The standard InChI is InChI=1S/C30H29NO2/c1-2-29(32)33-23-27-19-12-20-28(26-17-10-5-11-18-26)30(27)31(21-24-13-6-3-7-14-24)22-25-15-8-4-9-16-25/h3-20H,2,21-23H2,1H3. The number of anilines is 1. The van der Waals surface area contributed by atoms with Gasteiger partial charge in [-0.2, -0.15) is 0 Å². The van der Waals surface area contributed by atoms with Crippen LogP contribution in [0.2, 0.25) is 0 Å². The molecule has 0 saturated carbocycles. The minimum absolute atomic E-state index is 0.191. The van der Waals surface area contributed by atoms with Crippen molar-refractivity contribution in [2.45, 2.75) is 33.0 Å². The van der Waals surface area contributed by atoms with E-state index in [1.165, 1.54) is 11.1 Å². The van der Waals surface area contributed by atoms with E-state index in [-0.39, 0.29) is 12.6 Å². The van der Waals surface area contributed by atoms with Crippen LogP contribution in [0.25, 0.3) is 11.1 Å². The normalized spacial score (nSPS) is 10.6. The molecule has 0 spiro atoms. The maximum absolute atomic E-state index is 12.0. The number of benzene rings is 4. The van der Waals surface area contributed by atoms with E-state index < -0.39 is 0 Å². The maximum Gasteiger partial charge on any atom is 0.305 e. The molecule has 0 aliphatic carbocycles. The molecule has 0 N–H and O–H groups in total. The Morgan fingerprint density at radius 2 is 1.24 bits per heavy atom. The van der Waals surface area contributed by atoms with Gasteiger partial charge in [0.05, 0.1) is 5.69 Å². The highest BCUT2D eigenvalue weighted by Gasteiger charge is 2.19. The Kier molecular flexibility index (Phi) is 7.55. The molecular formula is C30H29NO2. The van der Waals surface area contributed by atoms with E-state index >= 15 is 0 Å². The van der Waals surface area contributed by atoms with E-state index in [4.69, 9.17) is 4.74 Å². The fourth-order valence-corrected chi connectivity index (χ4v) is 4.01. The average molecular weight is 436 g/mol. The topological polar surface area (TPSA) is 29.5 Å². The molecule has 0 amide bonds. The second-order valence-electron chi connectivity index (χ2n) is 8.02. The van der Waals surface area contributed by atoms with Gasteiger partial charge in [-0.3, -0.25) is 4.79 Å². The predicted octanol–water partition coefficient (Wildman–Crippen LogP) is 7.01. The van der Waals surface area contributed by atoms with Crippen LogP contribution in [0.1, 0.15) is 30.0 Å². The summed E-state index contributed by atoms with van der Waals surface area (Å²) in [5.41, 5.74) is 6.83. The van der Waals surface area contributed by atoms with Crippen molar-refractivity contribution in [3.05, 3.63) is 126 Å². The largest absolute Gasteiger partial charge is 0.461 e. The highest BCUT2D eigenvalue weighted by atomic mass is 16.5. The van der Waals surface area contributed by atoms with Gasteiger partial charge in [-0.15, -0.1) is 0 Å². The summed E-state index contributed by atoms with van der Waals surface area (Å²) >= 11 is 0. The molecule has 4 aromatic rings. The van der Waals surface area contributed by atoms with Gasteiger partial charge in [-0.05, 0) is 16.7 Å². The number of ether oxygens (including phenoxy) is 1. The molecule has 33 heavy (non-hydrogen) atoms. The van der Waals surface area contributed by atoms with Gasteiger partial charge in [0.1, 0.15) is 6.61 Å². The Bertz CT molecular complexity index is 1120. The van der Waals surface area contributed by atoms with Crippen LogP contribution in [-0.2, 0) is 29.2 Å². The summed E-state index contributed by atoms with van der Waals surface area (Å²) in [7, 11) is 0. The highest BCUT2D eigenvalue weighted by Crippen LogP contribution is 2.36. The molecule has 3 nitrogen and oxygen atoms in total. The van der Waals surface area contributed by atoms with Crippen LogP contribution in [0.4, 0.5) is 5.69 Å². The summed E-state index contributed by atoms with van der Waals surface area (Å²) in [5.74, 6) is -0.191. The van der Waals surface area contributed by atoms with Crippen LogP contribution in [0.15, 0.2) is 109 Å². The Hall–Kier alpha value is -3.85. The number of rotatable bonds is 9. The van der Waals surface area contributed by atoms with Gasteiger partial charge in [0.25, 0.3) is 0 Å². The second kappa shape index (κ2) is 11.1. The predicted molar refractivity (Wildman–Crippen MR) is 135 cm³/mol. The van der Waals surface area contributed by atoms with Crippen LogP contribution >= 0.6 is 0 Å². The fraction of sp³-hybridized carbons (Fsp3) is 0.167. The number of carbonyl (C=O) groups is 1. The van der Waals surface area contributed by atoms with Gasteiger partial charge in [-0.25, -0.2) is 0 Å². The molecule has 0 saturated heterocycles. The lowest BCUT2D eigenvalue weighted by molar-refractivity contribution is -0.144. The summed E-state index contributed by atoms with van der Waals surface area (Å²) in [5, 5.41) is 0. The van der Waals surface area contributed by atoms with Gasteiger partial charge >= 0.3 is 5.97 Å². The molecule has 0 heterocycles. The van der Waals surface area contributed by atoms with Gasteiger partial charge < -0.3 is 9.64 Å². The number of hydrogen-bond donors (Lipinski definition) is 0. The van der Waals surface area contributed by atoms with Crippen molar-refractivity contribution in [3.8, 4) is 11.1 Å². The van der Waals surface area contributed by atoms with Crippen molar-refractivity contribution < 1.29 is 9.53 Å². The number of esters is 1. The number of para-hydroxylation sites is 1. The number of hydrogen-bond acceptors (Lipinski definition) is 3. The van der Waals surface area contributed by atoms with E-state index in [9.17, 15) is 4.79 Å². The van der Waals surface area contributed by atoms with Crippen molar-refractivity contribution in [3.63, 3.8) is 0 Å². The monoisotopic (exact) mass is 435 g/mol. The first-order valence-corrected chi connectivity index (χ1v) is 11.4. The molecule has 4 aromatic carbocycles. The lowest BCUT2D eigenvalue weighted by atomic mass is 9.98. The summed E-state index contributed by atoms with van der Waals surface area (Å²) in [6.45, 7) is 3.56. The van der Waals surface area contributed by atoms with Crippen LogP contribution in [0, 0.1) is 0 Å². The number of nitrogens with zero attached hydrogens (tertiary/aromatic N) is 1. The molecule has 0 bridgehead atoms. The van der Waals surface area contributed by atoms with Crippen LogP contribution in [0.5, 0.6) is 0 Å². The summed E-state index contributed by atoms with van der Waals surface area (Å²) in [6, 6.07) is 37.6. The fourth-order valence-electron chi connectivity index (χ4n) is 4.01. The smallest absolute Gasteiger partial charge is 0.305 e. The minimum Gasteiger partial charge on any atom is -0.461 e. The quantitative estimate of drug-likeness (QED) is 0.265. The van der Waals surface area contributed by atoms with Crippen molar-refractivity contribution >= 4 is 11.7 Å². The third kappa shape index (κ3) is 5.89. The van der Waals surface area contributed by atoms with Gasteiger partial charge in [0, 0.05) is 30.6 Å². The molecule has 0 aliphatic heterocycles. The van der Waals surface area contributed by atoms with E-state index in [0.717, 1.165) is 35.5 Å². The van der Waals surface area contributed by atoms with Gasteiger partial charge in [0.15, 0.2) is 0 Å². The average Bonchev–Trinajstić information content (AvgIpc) is 2.88. The van der Waals surface area contributed by atoms with E-state index in [2.05, 4.69) is 89.8 Å². The van der Waals surface area contributed by atoms with Crippen LogP contribution in [0.3, 0.4) is 0 Å². The van der Waals surface area contributed by atoms with E-state index in [1.807, 2.05) is 31.2 Å². The zero-order valence-corrected chi connectivity index (χ0v) is 19.0. The highest BCUT2D eigenvalue weighted by molar-refractivity contribution is 5.81. The summed E-state index contributed by atoms with van der Waals surface area (Å²) < 4.78 is 5.59. The molecular weight excluding hydrogens is 406 g/mol. The van der Waals surface area contributed by atoms with E-state index in [0.29, 0.717) is 6.42 Å². The Labute approximate surface area is 196 Å². The minimum atomic E-state index is -0.191. The molecule has 0 aromatic heterocycles. The third-order valence-corrected chi connectivity index (χ3v) is 5.63. The first kappa shape index (κ1) is 22.3. The van der Waals surface area contributed by atoms with Gasteiger partial charge in [0.2, 0.25) is 0 Å². The first-order chi connectivity index (χ1) is 16.2. The molecule has 0 unspecified atom stereocenters. The maximum atomic E-state index is 12.0.